The number of H-pyrrole nitrogens is 1. The largest absolute Gasteiger partial charge is 0.481 e. The summed E-state index contributed by atoms with van der Waals surface area (Å²) in [4.78, 5) is 29.5. The molecule has 92 valence electrons. The number of nitrogens with one attached hydrogen (secondary N) is 1. The predicted octanol–water partition coefficient (Wildman–Crippen LogP) is 1.22. The number of aliphatic carboxylic acids is 1. The number of hydrogen-bond donors (Lipinski definition) is 2. The summed E-state index contributed by atoms with van der Waals surface area (Å²) in [7, 11) is 0. The van der Waals surface area contributed by atoms with Gasteiger partial charge in [-0.3, -0.25) is 9.59 Å². The van der Waals surface area contributed by atoms with Crippen molar-refractivity contribution in [3.05, 3.63) is 27.4 Å². The number of rotatable bonds is 4. The molecule has 1 saturated carbocycles. The zero-order valence-corrected chi connectivity index (χ0v) is 9.99. The Labute approximate surface area is 98.9 Å². The minimum absolute atomic E-state index is 0.0369. The van der Waals surface area contributed by atoms with Gasteiger partial charge < -0.3 is 10.1 Å². The molecule has 2 N–H and O–H groups in total. The second-order valence-electron chi connectivity index (χ2n) is 4.73. The van der Waals surface area contributed by atoms with Gasteiger partial charge in [0, 0.05) is 23.6 Å². The van der Waals surface area contributed by atoms with Crippen molar-refractivity contribution in [3.63, 3.8) is 0 Å². The number of aromatic nitrogens is 2. The number of carboxylic acid groups (broad SMARTS) is 1. The van der Waals surface area contributed by atoms with E-state index in [1.54, 1.807) is 6.92 Å². The van der Waals surface area contributed by atoms with E-state index in [1.165, 1.54) is 0 Å². The number of carboxylic acids is 1. The van der Waals surface area contributed by atoms with Crippen LogP contribution in [0, 0.1) is 12.8 Å². The van der Waals surface area contributed by atoms with Crippen molar-refractivity contribution in [2.75, 3.05) is 0 Å². The van der Waals surface area contributed by atoms with E-state index in [-0.39, 0.29) is 18.4 Å². The van der Waals surface area contributed by atoms with E-state index in [1.807, 2.05) is 0 Å². The van der Waals surface area contributed by atoms with Gasteiger partial charge in [0.25, 0.3) is 5.56 Å². The first-order valence-corrected chi connectivity index (χ1v) is 5.80. The number of nitrogens with zero attached hydrogens (tertiary/aromatic N) is 1. The van der Waals surface area contributed by atoms with Crippen molar-refractivity contribution in [3.8, 4) is 0 Å². The normalized spacial score (nSPS) is 22.5. The maximum absolute atomic E-state index is 11.8. The summed E-state index contributed by atoms with van der Waals surface area (Å²) >= 11 is 0. The Morgan fingerprint density at radius 2 is 2.24 bits per heavy atom. The molecule has 0 aromatic carbocycles. The number of aromatic amines is 1. The second kappa shape index (κ2) is 4.31. The highest BCUT2D eigenvalue weighted by Gasteiger charge is 2.36. The highest BCUT2D eigenvalue weighted by atomic mass is 16.4. The Hall–Kier alpha value is -1.65. The summed E-state index contributed by atoms with van der Waals surface area (Å²) < 4.78 is 0. The van der Waals surface area contributed by atoms with Gasteiger partial charge in [-0.2, -0.15) is 0 Å². The maximum atomic E-state index is 11.8. The van der Waals surface area contributed by atoms with E-state index in [4.69, 9.17) is 5.11 Å². The first kappa shape index (κ1) is 11.8. The Morgan fingerprint density at radius 3 is 2.71 bits per heavy atom. The third-order valence-corrected chi connectivity index (χ3v) is 3.29. The third kappa shape index (κ3) is 2.54. The van der Waals surface area contributed by atoms with Crippen LogP contribution in [0.2, 0.25) is 0 Å². The van der Waals surface area contributed by atoms with E-state index >= 15 is 0 Å². The molecule has 0 saturated heterocycles. The average molecular weight is 236 g/mol. The lowest BCUT2D eigenvalue weighted by Gasteiger charge is -2.05. The van der Waals surface area contributed by atoms with E-state index in [2.05, 4.69) is 16.9 Å². The van der Waals surface area contributed by atoms with Gasteiger partial charge in [-0.25, -0.2) is 4.98 Å². The van der Waals surface area contributed by atoms with Crippen LogP contribution < -0.4 is 5.56 Å². The minimum Gasteiger partial charge on any atom is -0.481 e. The lowest BCUT2D eigenvalue weighted by Crippen LogP contribution is -2.19. The SMILES string of the molecule is Cc1nc(C2CC2C)[nH]c(=O)c1CCC(=O)O. The predicted molar refractivity (Wildman–Crippen MR) is 62.1 cm³/mol. The summed E-state index contributed by atoms with van der Waals surface area (Å²) in [6, 6.07) is 0. The summed E-state index contributed by atoms with van der Waals surface area (Å²) in [6.07, 6.45) is 1.27. The number of aryl methyl sites for hydroxylation is 1. The second-order valence-corrected chi connectivity index (χ2v) is 4.73. The van der Waals surface area contributed by atoms with Crippen LogP contribution in [-0.2, 0) is 11.2 Å². The highest BCUT2D eigenvalue weighted by molar-refractivity contribution is 5.67. The van der Waals surface area contributed by atoms with Crippen LogP contribution in [0.25, 0.3) is 0 Å². The fourth-order valence-electron chi connectivity index (χ4n) is 2.04. The summed E-state index contributed by atoms with van der Waals surface area (Å²) in [5, 5.41) is 8.61. The average Bonchev–Trinajstić information content (AvgIpc) is 2.93. The van der Waals surface area contributed by atoms with Gasteiger partial charge in [0.05, 0.1) is 0 Å². The van der Waals surface area contributed by atoms with Crippen molar-refractivity contribution < 1.29 is 9.90 Å². The molecular formula is C12H16N2O3. The molecule has 1 heterocycles. The molecule has 2 atom stereocenters. The first-order chi connectivity index (χ1) is 7.99. The fourth-order valence-corrected chi connectivity index (χ4v) is 2.04. The van der Waals surface area contributed by atoms with E-state index in [9.17, 15) is 9.59 Å². The van der Waals surface area contributed by atoms with Crippen LogP contribution in [0.5, 0.6) is 0 Å². The van der Waals surface area contributed by atoms with Crippen molar-refractivity contribution >= 4 is 5.97 Å². The van der Waals surface area contributed by atoms with Crippen molar-refractivity contribution in [2.45, 2.75) is 39.0 Å². The summed E-state index contributed by atoms with van der Waals surface area (Å²) in [5.41, 5.74) is 0.960. The van der Waals surface area contributed by atoms with E-state index in [0.717, 1.165) is 12.2 Å². The van der Waals surface area contributed by atoms with Crippen LogP contribution in [-0.4, -0.2) is 21.0 Å². The van der Waals surface area contributed by atoms with Gasteiger partial charge in [0.1, 0.15) is 5.82 Å². The Bertz CT molecular complexity index is 507. The molecule has 1 fully saturated rings. The third-order valence-electron chi connectivity index (χ3n) is 3.29. The molecule has 0 bridgehead atoms. The van der Waals surface area contributed by atoms with Crippen LogP contribution in [0.15, 0.2) is 4.79 Å². The molecule has 1 aliphatic carbocycles. The topological polar surface area (TPSA) is 83.0 Å². The highest BCUT2D eigenvalue weighted by Crippen LogP contribution is 2.45. The number of carbonyl (C=O) groups is 1. The minimum atomic E-state index is -0.899. The lowest BCUT2D eigenvalue weighted by molar-refractivity contribution is -0.136. The first-order valence-electron chi connectivity index (χ1n) is 5.80. The number of hydrogen-bond acceptors (Lipinski definition) is 3. The van der Waals surface area contributed by atoms with Crippen LogP contribution in [0.4, 0.5) is 0 Å². The molecule has 1 aliphatic rings. The van der Waals surface area contributed by atoms with Crippen LogP contribution in [0.1, 0.15) is 42.8 Å². The molecule has 0 radical (unpaired) electrons. The molecule has 1 aromatic heterocycles. The molecule has 2 unspecified atom stereocenters. The monoisotopic (exact) mass is 236 g/mol. The maximum Gasteiger partial charge on any atom is 0.303 e. The molecule has 1 aromatic rings. The molecule has 0 amide bonds. The standard InChI is InChI=1S/C12H16N2O3/c1-6-5-9(6)11-13-7(2)8(12(17)14-11)3-4-10(15)16/h6,9H,3-5H2,1-2H3,(H,15,16)(H,13,14,17). The molecule has 0 aliphatic heterocycles. The van der Waals surface area contributed by atoms with Gasteiger partial charge >= 0.3 is 5.97 Å². The lowest BCUT2D eigenvalue weighted by atomic mass is 10.1. The van der Waals surface area contributed by atoms with Gasteiger partial charge in [-0.1, -0.05) is 6.92 Å². The van der Waals surface area contributed by atoms with Crippen molar-refractivity contribution in [2.24, 2.45) is 5.92 Å². The molecule has 2 rings (SSSR count). The quantitative estimate of drug-likeness (QED) is 0.823. The van der Waals surface area contributed by atoms with E-state index < -0.39 is 5.97 Å². The molecule has 17 heavy (non-hydrogen) atoms. The Kier molecular flexibility index (Phi) is 3.00. The van der Waals surface area contributed by atoms with Gasteiger partial charge in [-0.05, 0) is 25.7 Å². The zero-order valence-electron chi connectivity index (χ0n) is 9.99. The van der Waals surface area contributed by atoms with Gasteiger partial charge in [-0.15, -0.1) is 0 Å². The molecular weight excluding hydrogens is 220 g/mol. The molecule has 0 spiro atoms. The van der Waals surface area contributed by atoms with Gasteiger partial charge in [0.15, 0.2) is 0 Å². The Balaban J connectivity index is 2.23. The smallest absolute Gasteiger partial charge is 0.303 e. The van der Waals surface area contributed by atoms with Crippen LogP contribution in [0.3, 0.4) is 0 Å². The Morgan fingerprint density at radius 1 is 1.59 bits per heavy atom. The fraction of sp³-hybridized carbons (Fsp3) is 0.583. The zero-order chi connectivity index (χ0) is 12.6. The molecule has 5 heteroatoms. The van der Waals surface area contributed by atoms with Gasteiger partial charge in [0.2, 0.25) is 0 Å². The molecule has 5 nitrogen and oxygen atoms in total. The van der Waals surface area contributed by atoms with Crippen molar-refractivity contribution in [1.29, 1.82) is 0 Å². The van der Waals surface area contributed by atoms with Crippen molar-refractivity contribution in [1.82, 2.24) is 9.97 Å². The van der Waals surface area contributed by atoms with Crippen LogP contribution >= 0.6 is 0 Å². The van der Waals surface area contributed by atoms with E-state index in [0.29, 0.717) is 23.1 Å². The summed E-state index contributed by atoms with van der Waals surface area (Å²) in [5.74, 6) is 0.806. The summed E-state index contributed by atoms with van der Waals surface area (Å²) in [6.45, 7) is 3.89.